The van der Waals surface area contributed by atoms with Crippen LogP contribution in [-0.2, 0) is 16.1 Å². The maximum Gasteiger partial charge on any atom is 0.307 e. The van der Waals surface area contributed by atoms with E-state index in [4.69, 9.17) is 4.74 Å². The van der Waals surface area contributed by atoms with E-state index >= 15 is 0 Å². The van der Waals surface area contributed by atoms with Crippen LogP contribution in [0, 0.1) is 0 Å². The molecule has 0 saturated carbocycles. The van der Waals surface area contributed by atoms with E-state index in [2.05, 4.69) is 10.1 Å². The first kappa shape index (κ1) is 13.5. The van der Waals surface area contributed by atoms with Crippen LogP contribution in [0.3, 0.4) is 0 Å². The van der Waals surface area contributed by atoms with Crippen molar-refractivity contribution in [3.8, 4) is 5.75 Å². The SMILES string of the molecule is COC(=O)C[C@@H](C)NCc1ccccc1OC. The van der Waals surface area contributed by atoms with E-state index in [1.54, 1.807) is 7.11 Å². The second kappa shape index (κ2) is 6.91. The summed E-state index contributed by atoms with van der Waals surface area (Å²) < 4.78 is 9.86. The van der Waals surface area contributed by atoms with Crippen molar-refractivity contribution < 1.29 is 14.3 Å². The largest absolute Gasteiger partial charge is 0.496 e. The van der Waals surface area contributed by atoms with Crippen molar-refractivity contribution in [2.45, 2.75) is 25.9 Å². The van der Waals surface area contributed by atoms with Crippen LogP contribution >= 0.6 is 0 Å². The molecule has 0 spiro atoms. The van der Waals surface area contributed by atoms with Crippen LogP contribution in [0.15, 0.2) is 24.3 Å². The topological polar surface area (TPSA) is 47.6 Å². The predicted octanol–water partition coefficient (Wildman–Crippen LogP) is 1.74. The highest BCUT2D eigenvalue weighted by Gasteiger charge is 2.09. The van der Waals surface area contributed by atoms with E-state index in [1.165, 1.54) is 7.11 Å². The standard InChI is InChI=1S/C13H19NO3/c1-10(8-13(15)17-3)14-9-11-6-4-5-7-12(11)16-2/h4-7,10,14H,8-9H2,1-3H3/t10-/m1/s1. The smallest absolute Gasteiger partial charge is 0.307 e. The summed E-state index contributed by atoms with van der Waals surface area (Å²) in [6.07, 6.45) is 0.367. The predicted molar refractivity (Wildman–Crippen MR) is 65.9 cm³/mol. The molecule has 4 nitrogen and oxygen atoms in total. The Bertz CT molecular complexity index is 365. The molecule has 0 aliphatic heterocycles. The van der Waals surface area contributed by atoms with Crippen molar-refractivity contribution in [1.29, 1.82) is 0 Å². The van der Waals surface area contributed by atoms with Crippen LogP contribution in [0.2, 0.25) is 0 Å². The maximum absolute atomic E-state index is 11.1. The summed E-state index contributed by atoms with van der Waals surface area (Å²) in [6.45, 7) is 2.62. The van der Waals surface area contributed by atoms with Gasteiger partial charge in [-0.25, -0.2) is 0 Å². The average molecular weight is 237 g/mol. The van der Waals surface area contributed by atoms with Gasteiger partial charge in [-0.15, -0.1) is 0 Å². The molecular weight excluding hydrogens is 218 g/mol. The van der Waals surface area contributed by atoms with Gasteiger partial charge in [0.2, 0.25) is 0 Å². The Kier molecular flexibility index (Phi) is 5.49. The summed E-state index contributed by atoms with van der Waals surface area (Å²) in [4.78, 5) is 11.1. The lowest BCUT2D eigenvalue weighted by atomic mass is 10.1. The summed E-state index contributed by atoms with van der Waals surface area (Å²) in [5, 5.41) is 3.26. The molecule has 94 valence electrons. The third kappa shape index (κ3) is 4.44. The fraction of sp³-hybridized carbons (Fsp3) is 0.462. The van der Waals surface area contributed by atoms with Crippen molar-refractivity contribution >= 4 is 5.97 Å². The van der Waals surface area contributed by atoms with Gasteiger partial charge < -0.3 is 14.8 Å². The third-order valence-corrected chi connectivity index (χ3v) is 2.53. The Balaban J connectivity index is 2.47. The van der Waals surface area contributed by atoms with E-state index < -0.39 is 0 Å². The Morgan fingerprint density at radius 3 is 2.71 bits per heavy atom. The first-order chi connectivity index (χ1) is 8.17. The minimum absolute atomic E-state index is 0.0763. The molecule has 4 heteroatoms. The third-order valence-electron chi connectivity index (χ3n) is 2.53. The van der Waals surface area contributed by atoms with Gasteiger partial charge in [-0.1, -0.05) is 18.2 Å². The Morgan fingerprint density at radius 1 is 1.35 bits per heavy atom. The normalized spacial score (nSPS) is 11.9. The second-order valence-electron chi connectivity index (χ2n) is 3.87. The highest BCUT2D eigenvalue weighted by Crippen LogP contribution is 2.16. The fourth-order valence-corrected chi connectivity index (χ4v) is 1.54. The van der Waals surface area contributed by atoms with Gasteiger partial charge >= 0.3 is 5.97 Å². The highest BCUT2D eigenvalue weighted by atomic mass is 16.5. The average Bonchev–Trinajstić information content (AvgIpc) is 2.36. The van der Waals surface area contributed by atoms with Crippen LogP contribution in [0.1, 0.15) is 18.9 Å². The van der Waals surface area contributed by atoms with Crippen LogP contribution in [-0.4, -0.2) is 26.2 Å². The molecule has 0 bridgehead atoms. The number of hydrogen-bond acceptors (Lipinski definition) is 4. The minimum atomic E-state index is -0.204. The minimum Gasteiger partial charge on any atom is -0.496 e. The number of hydrogen-bond donors (Lipinski definition) is 1. The lowest BCUT2D eigenvalue weighted by molar-refractivity contribution is -0.141. The monoisotopic (exact) mass is 237 g/mol. The van der Waals surface area contributed by atoms with Gasteiger partial charge in [0.1, 0.15) is 5.75 Å². The van der Waals surface area contributed by atoms with E-state index in [0.717, 1.165) is 11.3 Å². The second-order valence-corrected chi connectivity index (χ2v) is 3.87. The number of methoxy groups -OCH3 is 2. The summed E-state index contributed by atoms with van der Waals surface area (Å²) in [5.74, 6) is 0.648. The van der Waals surface area contributed by atoms with E-state index in [1.807, 2.05) is 31.2 Å². The molecule has 1 atom stereocenters. The molecular formula is C13H19NO3. The molecule has 0 heterocycles. The summed E-state index contributed by atoms with van der Waals surface area (Å²) in [5.41, 5.74) is 1.08. The number of nitrogens with one attached hydrogen (secondary N) is 1. The van der Waals surface area contributed by atoms with E-state index in [-0.39, 0.29) is 12.0 Å². The van der Waals surface area contributed by atoms with Crippen LogP contribution in [0.25, 0.3) is 0 Å². The van der Waals surface area contributed by atoms with Gasteiger partial charge in [0.25, 0.3) is 0 Å². The number of esters is 1. The van der Waals surface area contributed by atoms with Gasteiger partial charge in [0.05, 0.1) is 20.6 Å². The lowest BCUT2D eigenvalue weighted by Crippen LogP contribution is -2.28. The van der Waals surface area contributed by atoms with Crippen LogP contribution < -0.4 is 10.1 Å². The van der Waals surface area contributed by atoms with Crippen LogP contribution in [0.4, 0.5) is 0 Å². The fourth-order valence-electron chi connectivity index (χ4n) is 1.54. The summed E-state index contributed by atoms with van der Waals surface area (Å²) >= 11 is 0. The quantitative estimate of drug-likeness (QED) is 0.765. The van der Waals surface area contributed by atoms with Gasteiger partial charge in [-0.2, -0.15) is 0 Å². The molecule has 0 unspecified atom stereocenters. The Hall–Kier alpha value is -1.55. The van der Waals surface area contributed by atoms with Crippen molar-refractivity contribution in [2.75, 3.05) is 14.2 Å². The molecule has 1 aromatic carbocycles. The number of rotatable bonds is 6. The van der Waals surface area contributed by atoms with E-state index in [0.29, 0.717) is 13.0 Å². The zero-order chi connectivity index (χ0) is 12.7. The van der Waals surface area contributed by atoms with E-state index in [9.17, 15) is 4.79 Å². The van der Waals surface area contributed by atoms with Gasteiger partial charge in [-0.3, -0.25) is 4.79 Å². The maximum atomic E-state index is 11.1. The summed E-state index contributed by atoms with van der Waals surface area (Å²) in [6, 6.07) is 7.89. The Morgan fingerprint density at radius 2 is 2.06 bits per heavy atom. The summed E-state index contributed by atoms with van der Waals surface area (Å²) in [7, 11) is 3.05. The number of carbonyl (C=O) groups excluding carboxylic acids is 1. The number of para-hydroxylation sites is 1. The molecule has 1 rings (SSSR count). The van der Waals surface area contributed by atoms with Crippen molar-refractivity contribution in [1.82, 2.24) is 5.32 Å². The first-order valence-electron chi connectivity index (χ1n) is 5.59. The molecule has 0 fully saturated rings. The first-order valence-corrected chi connectivity index (χ1v) is 5.59. The van der Waals surface area contributed by atoms with Crippen LogP contribution in [0.5, 0.6) is 5.75 Å². The zero-order valence-electron chi connectivity index (χ0n) is 10.5. The molecule has 0 amide bonds. The van der Waals surface area contributed by atoms with Gasteiger partial charge in [0.15, 0.2) is 0 Å². The lowest BCUT2D eigenvalue weighted by Gasteiger charge is -2.14. The highest BCUT2D eigenvalue weighted by molar-refractivity contribution is 5.69. The number of benzene rings is 1. The number of carbonyl (C=O) groups is 1. The molecule has 0 aliphatic carbocycles. The molecule has 0 saturated heterocycles. The number of ether oxygens (including phenoxy) is 2. The molecule has 0 radical (unpaired) electrons. The molecule has 0 aliphatic rings. The molecule has 1 aromatic rings. The Labute approximate surface area is 102 Å². The molecule has 1 N–H and O–H groups in total. The zero-order valence-corrected chi connectivity index (χ0v) is 10.5. The van der Waals surface area contributed by atoms with Crippen molar-refractivity contribution in [3.05, 3.63) is 29.8 Å². The van der Waals surface area contributed by atoms with Crippen molar-refractivity contribution in [3.63, 3.8) is 0 Å². The van der Waals surface area contributed by atoms with Gasteiger partial charge in [0, 0.05) is 18.2 Å². The van der Waals surface area contributed by atoms with Crippen molar-refractivity contribution in [2.24, 2.45) is 0 Å². The van der Waals surface area contributed by atoms with Gasteiger partial charge in [-0.05, 0) is 13.0 Å². The molecule has 17 heavy (non-hydrogen) atoms. The molecule has 0 aromatic heterocycles.